The highest BCUT2D eigenvalue weighted by Gasteiger charge is 2.18. The molecule has 0 aliphatic heterocycles. The minimum Gasteiger partial charge on any atom is -0.467 e. The molecule has 0 spiro atoms. The number of nitrogens with one attached hydrogen (secondary N) is 1. The molecule has 0 heterocycles. The van der Waals surface area contributed by atoms with E-state index in [9.17, 15) is 4.79 Å². The van der Waals surface area contributed by atoms with Gasteiger partial charge in [0.05, 0.1) is 12.1 Å². The number of carbonyl (C=O) groups excluding carboxylic acids is 1. The first-order valence-electron chi connectivity index (χ1n) is 5.88. The number of anilines is 1. The molecule has 1 atom stereocenters. The van der Waals surface area contributed by atoms with Crippen molar-refractivity contribution in [2.24, 2.45) is 0 Å². The van der Waals surface area contributed by atoms with Crippen LogP contribution in [0.15, 0.2) is 22.7 Å². The van der Waals surface area contributed by atoms with Gasteiger partial charge in [-0.2, -0.15) is 0 Å². The van der Waals surface area contributed by atoms with Gasteiger partial charge in [-0.3, -0.25) is 0 Å². The Morgan fingerprint density at radius 1 is 1.56 bits per heavy atom. The second kappa shape index (κ2) is 7.64. The van der Waals surface area contributed by atoms with E-state index in [2.05, 4.69) is 28.2 Å². The third-order valence-corrected chi connectivity index (χ3v) is 3.83. The van der Waals surface area contributed by atoms with Crippen molar-refractivity contribution in [1.82, 2.24) is 0 Å². The summed E-state index contributed by atoms with van der Waals surface area (Å²) < 4.78 is 5.62. The molecule has 0 amide bonds. The Labute approximate surface area is 121 Å². The van der Waals surface area contributed by atoms with E-state index < -0.39 is 0 Å². The van der Waals surface area contributed by atoms with E-state index in [-0.39, 0.29) is 12.0 Å². The van der Waals surface area contributed by atoms with Crippen molar-refractivity contribution in [2.75, 3.05) is 12.4 Å². The summed E-state index contributed by atoms with van der Waals surface area (Å²) in [7, 11) is 1.40. The van der Waals surface area contributed by atoms with Crippen LogP contribution in [0.4, 0.5) is 5.69 Å². The standard InChI is InChI=1S/C13H17BrClNO2/c1-3-4-5-12(13(17)18-2)16-9-6-7-10(14)11(15)8-9/h6-8,12,16H,3-5H2,1-2H3. The fourth-order valence-electron chi connectivity index (χ4n) is 1.59. The zero-order chi connectivity index (χ0) is 13.5. The fraction of sp³-hybridized carbons (Fsp3) is 0.462. The van der Waals surface area contributed by atoms with E-state index in [1.54, 1.807) is 6.07 Å². The summed E-state index contributed by atoms with van der Waals surface area (Å²) in [5.41, 5.74) is 0.815. The molecular formula is C13H17BrClNO2. The molecule has 5 heteroatoms. The van der Waals surface area contributed by atoms with Gasteiger partial charge in [-0.05, 0) is 40.5 Å². The van der Waals surface area contributed by atoms with Crippen LogP contribution in [-0.4, -0.2) is 19.1 Å². The maximum atomic E-state index is 11.6. The molecule has 1 aromatic carbocycles. The Morgan fingerprint density at radius 3 is 2.83 bits per heavy atom. The number of hydrogen-bond donors (Lipinski definition) is 1. The van der Waals surface area contributed by atoms with Crippen LogP contribution in [-0.2, 0) is 9.53 Å². The lowest BCUT2D eigenvalue weighted by atomic mass is 10.1. The molecule has 0 aliphatic carbocycles. The third kappa shape index (κ3) is 4.50. The molecule has 100 valence electrons. The van der Waals surface area contributed by atoms with Crippen molar-refractivity contribution in [3.8, 4) is 0 Å². The van der Waals surface area contributed by atoms with Crippen molar-refractivity contribution >= 4 is 39.2 Å². The van der Waals surface area contributed by atoms with E-state index in [0.29, 0.717) is 5.02 Å². The first-order chi connectivity index (χ1) is 8.58. The number of halogens is 2. The third-order valence-electron chi connectivity index (χ3n) is 2.59. The topological polar surface area (TPSA) is 38.3 Å². The van der Waals surface area contributed by atoms with Gasteiger partial charge in [-0.25, -0.2) is 4.79 Å². The second-order valence-corrected chi connectivity index (χ2v) is 5.25. The van der Waals surface area contributed by atoms with Crippen LogP contribution in [0.25, 0.3) is 0 Å². The Hall–Kier alpha value is -0.740. The summed E-state index contributed by atoms with van der Waals surface area (Å²) in [4.78, 5) is 11.6. The van der Waals surface area contributed by atoms with Crippen LogP contribution in [0, 0.1) is 0 Å². The molecule has 0 bridgehead atoms. The van der Waals surface area contributed by atoms with Crippen molar-refractivity contribution in [1.29, 1.82) is 0 Å². The highest BCUT2D eigenvalue weighted by atomic mass is 79.9. The Kier molecular flexibility index (Phi) is 6.50. The number of unbranched alkanes of at least 4 members (excludes halogenated alkanes) is 1. The molecule has 0 radical (unpaired) electrons. The fourth-order valence-corrected chi connectivity index (χ4v) is 2.01. The van der Waals surface area contributed by atoms with Gasteiger partial charge < -0.3 is 10.1 Å². The Bertz CT molecular complexity index is 412. The van der Waals surface area contributed by atoms with Crippen molar-refractivity contribution < 1.29 is 9.53 Å². The van der Waals surface area contributed by atoms with Gasteiger partial charge in [-0.15, -0.1) is 0 Å². The zero-order valence-electron chi connectivity index (χ0n) is 10.5. The maximum absolute atomic E-state index is 11.6. The smallest absolute Gasteiger partial charge is 0.328 e. The molecule has 0 saturated heterocycles. The number of hydrogen-bond acceptors (Lipinski definition) is 3. The maximum Gasteiger partial charge on any atom is 0.328 e. The summed E-state index contributed by atoms with van der Waals surface area (Å²) in [5.74, 6) is -0.248. The lowest BCUT2D eigenvalue weighted by Crippen LogP contribution is -2.30. The van der Waals surface area contributed by atoms with Crippen LogP contribution in [0.1, 0.15) is 26.2 Å². The predicted octanol–water partition coefficient (Wildman–Crippen LogP) is 4.25. The number of methoxy groups -OCH3 is 1. The highest BCUT2D eigenvalue weighted by molar-refractivity contribution is 9.10. The van der Waals surface area contributed by atoms with E-state index in [0.717, 1.165) is 29.4 Å². The highest BCUT2D eigenvalue weighted by Crippen LogP contribution is 2.26. The van der Waals surface area contributed by atoms with Crippen molar-refractivity contribution in [3.63, 3.8) is 0 Å². The second-order valence-electron chi connectivity index (χ2n) is 3.99. The molecule has 3 nitrogen and oxygen atoms in total. The molecule has 18 heavy (non-hydrogen) atoms. The molecule has 1 N–H and O–H groups in total. The van der Waals surface area contributed by atoms with E-state index in [4.69, 9.17) is 16.3 Å². The van der Waals surface area contributed by atoms with E-state index in [1.165, 1.54) is 7.11 Å². The van der Waals surface area contributed by atoms with Crippen LogP contribution in [0.5, 0.6) is 0 Å². The van der Waals surface area contributed by atoms with Crippen molar-refractivity contribution in [2.45, 2.75) is 32.2 Å². The van der Waals surface area contributed by atoms with Gasteiger partial charge in [0.25, 0.3) is 0 Å². The lowest BCUT2D eigenvalue weighted by molar-refractivity contribution is -0.141. The predicted molar refractivity (Wildman–Crippen MR) is 78.1 cm³/mol. The average molecular weight is 335 g/mol. The van der Waals surface area contributed by atoms with Gasteiger partial charge in [-0.1, -0.05) is 31.4 Å². The zero-order valence-corrected chi connectivity index (χ0v) is 12.8. The lowest BCUT2D eigenvalue weighted by Gasteiger charge is -2.17. The molecule has 1 unspecified atom stereocenters. The summed E-state index contributed by atoms with van der Waals surface area (Å²) in [6, 6.07) is 5.18. The van der Waals surface area contributed by atoms with Gasteiger partial charge in [0.1, 0.15) is 6.04 Å². The minimum atomic E-state index is -0.327. The number of carbonyl (C=O) groups is 1. The summed E-state index contributed by atoms with van der Waals surface area (Å²) in [6.07, 6.45) is 2.75. The first-order valence-corrected chi connectivity index (χ1v) is 7.05. The monoisotopic (exact) mass is 333 g/mol. The van der Waals surface area contributed by atoms with Gasteiger partial charge in [0, 0.05) is 10.2 Å². The quantitative estimate of drug-likeness (QED) is 0.791. The molecular weight excluding hydrogens is 318 g/mol. The van der Waals surface area contributed by atoms with Gasteiger partial charge >= 0.3 is 5.97 Å². The molecule has 0 aromatic heterocycles. The molecule has 1 rings (SSSR count). The Morgan fingerprint density at radius 2 is 2.28 bits per heavy atom. The number of benzene rings is 1. The van der Waals surface area contributed by atoms with Crippen molar-refractivity contribution in [3.05, 3.63) is 27.7 Å². The summed E-state index contributed by atoms with van der Waals surface area (Å²) in [6.45, 7) is 2.09. The van der Waals surface area contributed by atoms with Gasteiger partial charge in [0.15, 0.2) is 0 Å². The normalized spacial score (nSPS) is 12.0. The number of rotatable bonds is 6. The van der Waals surface area contributed by atoms with Gasteiger partial charge in [0.2, 0.25) is 0 Å². The molecule has 1 aromatic rings. The largest absolute Gasteiger partial charge is 0.467 e. The number of esters is 1. The first kappa shape index (κ1) is 15.3. The van der Waals surface area contributed by atoms with Crippen LogP contribution in [0.2, 0.25) is 5.02 Å². The van der Waals surface area contributed by atoms with E-state index >= 15 is 0 Å². The van der Waals surface area contributed by atoms with Crippen LogP contribution < -0.4 is 5.32 Å². The molecule has 0 saturated carbocycles. The summed E-state index contributed by atoms with van der Waals surface area (Å²) in [5, 5.41) is 3.76. The Balaban J connectivity index is 2.75. The SMILES string of the molecule is CCCCC(Nc1ccc(Br)c(Cl)c1)C(=O)OC. The van der Waals surface area contributed by atoms with Crippen LogP contribution in [0.3, 0.4) is 0 Å². The molecule has 0 fully saturated rings. The van der Waals surface area contributed by atoms with E-state index in [1.807, 2.05) is 12.1 Å². The number of ether oxygens (including phenoxy) is 1. The molecule has 0 aliphatic rings. The minimum absolute atomic E-state index is 0.248. The van der Waals surface area contributed by atoms with Crippen LogP contribution >= 0.6 is 27.5 Å². The average Bonchev–Trinajstić information content (AvgIpc) is 2.37. The summed E-state index contributed by atoms with van der Waals surface area (Å²) >= 11 is 9.34.